The van der Waals surface area contributed by atoms with Crippen molar-refractivity contribution in [2.45, 2.75) is 20.8 Å². The molecule has 0 aliphatic rings. The van der Waals surface area contributed by atoms with Crippen molar-refractivity contribution in [2.24, 2.45) is 0 Å². The Morgan fingerprint density at radius 1 is 1.00 bits per heavy atom. The second-order valence-corrected chi connectivity index (χ2v) is 6.85. The predicted octanol–water partition coefficient (Wildman–Crippen LogP) is 3.68. The van der Waals surface area contributed by atoms with Gasteiger partial charge in [-0.3, -0.25) is 20.4 Å². The summed E-state index contributed by atoms with van der Waals surface area (Å²) < 4.78 is 15.0. The monoisotopic (exact) mass is 371 g/mol. The van der Waals surface area contributed by atoms with Crippen LogP contribution in [-0.2, 0) is 0 Å². The number of amides is 2. The molecule has 0 aliphatic heterocycles. The quantitative estimate of drug-likeness (QED) is 0.690. The van der Waals surface area contributed by atoms with Crippen LogP contribution < -0.4 is 10.9 Å². The zero-order valence-electron chi connectivity index (χ0n) is 14.6. The van der Waals surface area contributed by atoms with E-state index in [1.807, 2.05) is 29.9 Å². The molecule has 0 spiro atoms. The lowest BCUT2D eigenvalue weighted by Gasteiger charge is -2.10. The number of aryl methyl sites for hydroxylation is 2. The Bertz CT molecular complexity index is 973. The van der Waals surface area contributed by atoms with Gasteiger partial charge in [0.15, 0.2) is 0 Å². The highest BCUT2D eigenvalue weighted by Gasteiger charge is 2.18. The van der Waals surface area contributed by atoms with E-state index in [0.29, 0.717) is 16.1 Å². The number of nitrogens with zero attached hydrogens (tertiary/aromatic N) is 1. The number of carbonyl (C=O) groups is 2. The first-order chi connectivity index (χ1) is 12.4. The Balaban J connectivity index is 1.78. The third kappa shape index (κ3) is 3.39. The molecular formula is C19H18FN3O2S. The molecule has 2 N–H and O–H groups in total. The van der Waals surface area contributed by atoms with Crippen molar-refractivity contribution in [1.29, 1.82) is 0 Å². The zero-order chi connectivity index (χ0) is 18.8. The lowest BCUT2D eigenvalue weighted by atomic mass is 10.2. The van der Waals surface area contributed by atoms with Crippen LogP contribution >= 0.6 is 11.3 Å². The minimum absolute atomic E-state index is 0.319. The van der Waals surface area contributed by atoms with Crippen LogP contribution in [-0.4, -0.2) is 16.4 Å². The second kappa shape index (κ2) is 7.13. The highest BCUT2D eigenvalue weighted by molar-refractivity contribution is 7.12. The van der Waals surface area contributed by atoms with E-state index in [4.69, 9.17) is 0 Å². The molecular weight excluding hydrogens is 353 g/mol. The number of thiophene rings is 1. The van der Waals surface area contributed by atoms with Gasteiger partial charge < -0.3 is 4.57 Å². The largest absolute Gasteiger partial charge is 0.318 e. The molecule has 0 saturated heterocycles. The predicted molar refractivity (Wildman–Crippen MR) is 99.2 cm³/mol. The summed E-state index contributed by atoms with van der Waals surface area (Å²) in [5.74, 6) is -1.08. The molecule has 0 fully saturated rings. The topological polar surface area (TPSA) is 63.1 Å². The van der Waals surface area contributed by atoms with E-state index in [1.54, 1.807) is 25.1 Å². The van der Waals surface area contributed by atoms with Crippen molar-refractivity contribution in [2.75, 3.05) is 0 Å². The molecule has 7 heteroatoms. The molecule has 0 atom stereocenters. The first-order valence-electron chi connectivity index (χ1n) is 7.98. The van der Waals surface area contributed by atoms with Crippen LogP contribution in [0, 0.1) is 26.6 Å². The van der Waals surface area contributed by atoms with Gasteiger partial charge in [-0.05, 0) is 68.1 Å². The average Bonchev–Trinajstić information content (AvgIpc) is 3.17. The van der Waals surface area contributed by atoms with Gasteiger partial charge in [-0.2, -0.15) is 0 Å². The second-order valence-electron chi connectivity index (χ2n) is 5.94. The molecule has 3 rings (SSSR count). The number of hydrazine groups is 1. The van der Waals surface area contributed by atoms with Gasteiger partial charge in [0.1, 0.15) is 5.82 Å². The van der Waals surface area contributed by atoms with Crippen LogP contribution in [0.15, 0.2) is 41.8 Å². The maximum atomic E-state index is 13.1. The molecule has 0 bridgehead atoms. The molecule has 5 nitrogen and oxygen atoms in total. The maximum Gasteiger partial charge on any atom is 0.280 e. The number of hydrogen-bond acceptors (Lipinski definition) is 3. The number of halogens is 1. The normalized spacial score (nSPS) is 10.6. The van der Waals surface area contributed by atoms with Gasteiger partial charge in [-0.15, -0.1) is 11.3 Å². The molecule has 134 valence electrons. The van der Waals surface area contributed by atoms with E-state index in [2.05, 4.69) is 10.9 Å². The van der Waals surface area contributed by atoms with E-state index in [1.165, 1.54) is 23.5 Å². The van der Waals surface area contributed by atoms with Crippen LogP contribution in [0.1, 0.15) is 37.0 Å². The van der Waals surface area contributed by atoms with Crippen LogP contribution in [0.3, 0.4) is 0 Å². The van der Waals surface area contributed by atoms with Crippen molar-refractivity contribution in [3.05, 3.63) is 75.0 Å². The highest BCUT2D eigenvalue weighted by Crippen LogP contribution is 2.21. The van der Waals surface area contributed by atoms with Crippen molar-refractivity contribution in [1.82, 2.24) is 15.4 Å². The fourth-order valence-corrected chi connectivity index (χ4v) is 3.64. The van der Waals surface area contributed by atoms with Crippen LogP contribution in [0.25, 0.3) is 5.69 Å². The minimum Gasteiger partial charge on any atom is -0.318 e. The van der Waals surface area contributed by atoms with E-state index in [9.17, 15) is 14.0 Å². The number of rotatable bonds is 3. The zero-order valence-corrected chi connectivity index (χ0v) is 15.4. The number of aromatic nitrogens is 1. The third-order valence-electron chi connectivity index (χ3n) is 4.12. The number of benzene rings is 1. The third-order valence-corrected chi connectivity index (χ3v) is 5.13. The van der Waals surface area contributed by atoms with Crippen molar-refractivity contribution in [3.8, 4) is 5.69 Å². The number of hydrogen-bond donors (Lipinski definition) is 2. The van der Waals surface area contributed by atoms with Crippen LogP contribution in [0.2, 0.25) is 0 Å². The molecule has 2 aromatic heterocycles. The summed E-state index contributed by atoms with van der Waals surface area (Å²) in [5.41, 5.74) is 8.49. The van der Waals surface area contributed by atoms with Crippen molar-refractivity contribution >= 4 is 23.2 Å². The first kappa shape index (κ1) is 17.9. The standard InChI is InChI=1S/C19H18FN3O2S/c1-11-8-9-26-17(11)19(25)22-21-18(24)16-10-12(2)23(13(16)3)15-6-4-14(20)5-7-15/h4-10H,1-3H3,(H,21,24)(H,22,25). The molecule has 3 aromatic rings. The Kier molecular flexibility index (Phi) is 4.90. The molecule has 0 aliphatic carbocycles. The SMILES string of the molecule is Cc1ccsc1C(=O)NNC(=O)c1cc(C)n(-c2ccc(F)cc2)c1C. The lowest BCUT2D eigenvalue weighted by molar-refractivity contribution is 0.0848. The summed E-state index contributed by atoms with van der Waals surface area (Å²) in [5, 5.41) is 1.82. The first-order valence-corrected chi connectivity index (χ1v) is 8.86. The van der Waals surface area contributed by atoms with Gasteiger partial charge in [-0.25, -0.2) is 4.39 Å². The summed E-state index contributed by atoms with van der Waals surface area (Å²) in [7, 11) is 0. The Morgan fingerprint density at radius 2 is 1.65 bits per heavy atom. The van der Waals surface area contributed by atoms with E-state index in [-0.39, 0.29) is 11.7 Å². The van der Waals surface area contributed by atoms with Gasteiger partial charge in [-0.1, -0.05) is 0 Å². The molecule has 26 heavy (non-hydrogen) atoms. The summed E-state index contributed by atoms with van der Waals surface area (Å²) in [6, 6.07) is 9.63. The smallest absolute Gasteiger partial charge is 0.280 e. The Hall–Kier alpha value is -2.93. The lowest BCUT2D eigenvalue weighted by Crippen LogP contribution is -2.41. The van der Waals surface area contributed by atoms with Crippen molar-refractivity contribution in [3.63, 3.8) is 0 Å². The number of carbonyl (C=O) groups excluding carboxylic acids is 2. The summed E-state index contributed by atoms with van der Waals surface area (Å²) in [4.78, 5) is 25.2. The summed E-state index contributed by atoms with van der Waals surface area (Å²) in [6.07, 6.45) is 0. The highest BCUT2D eigenvalue weighted by atomic mass is 32.1. The van der Waals surface area contributed by atoms with E-state index >= 15 is 0 Å². The van der Waals surface area contributed by atoms with E-state index in [0.717, 1.165) is 16.9 Å². The fourth-order valence-electron chi connectivity index (χ4n) is 2.82. The Labute approximate surface area is 154 Å². The number of nitrogens with one attached hydrogen (secondary N) is 2. The molecule has 2 amide bonds. The molecule has 0 unspecified atom stereocenters. The summed E-state index contributed by atoms with van der Waals surface area (Å²) >= 11 is 1.32. The molecule has 2 heterocycles. The molecule has 1 aromatic carbocycles. The Morgan fingerprint density at radius 3 is 2.27 bits per heavy atom. The van der Waals surface area contributed by atoms with Gasteiger partial charge >= 0.3 is 0 Å². The molecule has 0 saturated carbocycles. The average molecular weight is 371 g/mol. The summed E-state index contributed by atoms with van der Waals surface area (Å²) in [6.45, 7) is 5.50. The fraction of sp³-hybridized carbons (Fsp3) is 0.158. The van der Waals surface area contributed by atoms with Crippen molar-refractivity contribution < 1.29 is 14.0 Å². The van der Waals surface area contributed by atoms with Gasteiger partial charge in [0.2, 0.25) is 0 Å². The van der Waals surface area contributed by atoms with Gasteiger partial charge in [0.25, 0.3) is 11.8 Å². The molecule has 0 radical (unpaired) electrons. The van der Waals surface area contributed by atoms with Gasteiger partial charge in [0.05, 0.1) is 10.4 Å². The minimum atomic E-state index is -0.408. The van der Waals surface area contributed by atoms with Crippen LogP contribution in [0.4, 0.5) is 4.39 Å². The van der Waals surface area contributed by atoms with Gasteiger partial charge in [0, 0.05) is 17.1 Å². The maximum absolute atomic E-state index is 13.1. The van der Waals surface area contributed by atoms with E-state index < -0.39 is 5.91 Å². The van der Waals surface area contributed by atoms with Crippen LogP contribution in [0.5, 0.6) is 0 Å².